The van der Waals surface area contributed by atoms with E-state index in [1.54, 1.807) is 12.1 Å². The minimum atomic E-state index is -4.41. The number of benzene rings is 2. The summed E-state index contributed by atoms with van der Waals surface area (Å²) in [5.74, 6) is -0.532. The molecule has 9 heteroatoms. The molecule has 0 spiro atoms. The highest BCUT2D eigenvalue weighted by Gasteiger charge is 2.31. The Morgan fingerprint density at radius 3 is 2.29 bits per heavy atom. The Kier molecular flexibility index (Phi) is 7.90. The molecule has 0 amide bonds. The topological polar surface area (TPSA) is 66.2 Å². The summed E-state index contributed by atoms with van der Waals surface area (Å²) in [5, 5.41) is 8.98. The molecular formula is C26H27F3N2O4. The molecule has 4 rings (SSSR count). The van der Waals surface area contributed by atoms with Crippen molar-refractivity contribution in [2.45, 2.75) is 18.8 Å². The number of carboxylic acids is 1. The van der Waals surface area contributed by atoms with E-state index in [9.17, 15) is 18.0 Å². The summed E-state index contributed by atoms with van der Waals surface area (Å²) < 4.78 is 51.2. The number of furan rings is 1. The van der Waals surface area contributed by atoms with Crippen LogP contribution in [-0.4, -0.2) is 60.2 Å². The molecule has 1 atom stereocenters. The zero-order chi connectivity index (χ0) is 24.8. The predicted octanol–water partition coefficient (Wildman–Crippen LogP) is 4.92. The Bertz CT molecular complexity index is 1110. The number of carboxylic acid groups (broad SMARTS) is 1. The van der Waals surface area contributed by atoms with Gasteiger partial charge in [-0.25, -0.2) is 4.79 Å². The maximum atomic E-state index is 13.3. The van der Waals surface area contributed by atoms with Crippen LogP contribution in [0.2, 0.25) is 0 Å². The first-order valence-electron chi connectivity index (χ1n) is 11.4. The lowest BCUT2D eigenvalue weighted by molar-refractivity contribution is -0.137. The molecule has 2 heterocycles. The Hall–Kier alpha value is -3.14. The molecule has 1 saturated heterocycles. The molecule has 2 aromatic carbocycles. The molecule has 1 aliphatic heterocycles. The van der Waals surface area contributed by atoms with Crippen LogP contribution in [0.15, 0.2) is 71.1 Å². The lowest BCUT2D eigenvalue weighted by atomic mass is 9.99. The fourth-order valence-corrected chi connectivity index (χ4v) is 4.16. The number of carbonyl (C=O) groups is 1. The quantitative estimate of drug-likeness (QED) is 0.461. The lowest BCUT2D eigenvalue weighted by Gasteiger charge is -2.34. The molecule has 0 radical (unpaired) electrons. The van der Waals surface area contributed by atoms with Gasteiger partial charge in [-0.2, -0.15) is 13.2 Å². The first kappa shape index (κ1) is 25.0. The van der Waals surface area contributed by atoms with E-state index in [-0.39, 0.29) is 5.76 Å². The van der Waals surface area contributed by atoms with Gasteiger partial charge in [-0.15, -0.1) is 0 Å². The van der Waals surface area contributed by atoms with E-state index < -0.39 is 23.8 Å². The monoisotopic (exact) mass is 488 g/mol. The summed E-state index contributed by atoms with van der Waals surface area (Å²) in [6.07, 6.45) is -5.01. The van der Waals surface area contributed by atoms with Crippen molar-refractivity contribution >= 4 is 5.97 Å². The predicted molar refractivity (Wildman–Crippen MR) is 123 cm³/mol. The third-order valence-corrected chi connectivity index (χ3v) is 6.03. The maximum Gasteiger partial charge on any atom is 0.416 e. The Balaban J connectivity index is 1.32. The second-order valence-corrected chi connectivity index (χ2v) is 8.47. The van der Waals surface area contributed by atoms with E-state index >= 15 is 0 Å². The van der Waals surface area contributed by atoms with Crippen molar-refractivity contribution in [3.63, 3.8) is 0 Å². The Labute approximate surface area is 201 Å². The zero-order valence-electron chi connectivity index (χ0n) is 19.1. The van der Waals surface area contributed by atoms with Gasteiger partial charge in [-0.1, -0.05) is 42.5 Å². The standard InChI is InChI=1S/C26H27F3N2O4/c27-26(28,29)21-8-4-7-20(17-21)24(19-5-2-1-3-6-19)34-16-15-30-11-13-31(14-12-30)18-22-9-10-23(35-22)25(32)33/h1-10,17,24H,11-16,18H2,(H,32,33). The van der Waals surface area contributed by atoms with Crippen LogP contribution in [0.4, 0.5) is 13.2 Å². The second-order valence-electron chi connectivity index (χ2n) is 8.47. The van der Waals surface area contributed by atoms with E-state index in [4.69, 9.17) is 14.3 Å². The molecule has 3 aromatic rings. The summed E-state index contributed by atoms with van der Waals surface area (Å²) >= 11 is 0. The number of aromatic carboxylic acids is 1. The number of nitrogens with zero attached hydrogens (tertiary/aromatic N) is 2. The number of hydrogen-bond donors (Lipinski definition) is 1. The van der Waals surface area contributed by atoms with Gasteiger partial charge in [-0.3, -0.25) is 9.80 Å². The van der Waals surface area contributed by atoms with Crippen molar-refractivity contribution < 1.29 is 32.2 Å². The molecule has 186 valence electrons. The van der Waals surface area contributed by atoms with Crippen molar-refractivity contribution in [2.24, 2.45) is 0 Å². The normalized spacial score (nSPS) is 16.3. The fraction of sp³-hybridized carbons (Fsp3) is 0.346. The summed E-state index contributed by atoms with van der Waals surface area (Å²) in [6, 6.07) is 17.7. The Morgan fingerprint density at radius 2 is 1.63 bits per heavy atom. The number of rotatable bonds is 9. The van der Waals surface area contributed by atoms with Gasteiger partial charge in [0.2, 0.25) is 5.76 Å². The zero-order valence-corrected chi connectivity index (χ0v) is 19.1. The van der Waals surface area contributed by atoms with Crippen molar-refractivity contribution in [3.05, 3.63) is 94.9 Å². The van der Waals surface area contributed by atoms with E-state index in [1.807, 2.05) is 30.3 Å². The van der Waals surface area contributed by atoms with Crippen LogP contribution < -0.4 is 0 Å². The number of halogens is 3. The third kappa shape index (κ3) is 6.72. The van der Waals surface area contributed by atoms with Gasteiger partial charge in [0.15, 0.2) is 0 Å². The first-order chi connectivity index (χ1) is 16.8. The van der Waals surface area contributed by atoms with Crippen LogP contribution in [0.1, 0.15) is 39.1 Å². The first-order valence-corrected chi connectivity index (χ1v) is 11.4. The van der Waals surface area contributed by atoms with Crippen LogP contribution in [-0.2, 0) is 17.5 Å². The highest BCUT2D eigenvalue weighted by Crippen LogP contribution is 2.33. The smallest absolute Gasteiger partial charge is 0.416 e. The lowest BCUT2D eigenvalue weighted by Crippen LogP contribution is -2.46. The molecule has 6 nitrogen and oxygen atoms in total. The van der Waals surface area contributed by atoms with E-state index in [0.717, 1.165) is 43.9 Å². The largest absolute Gasteiger partial charge is 0.475 e. The Morgan fingerprint density at radius 1 is 0.943 bits per heavy atom. The molecule has 35 heavy (non-hydrogen) atoms. The van der Waals surface area contributed by atoms with Crippen LogP contribution in [0.5, 0.6) is 0 Å². The van der Waals surface area contributed by atoms with E-state index in [0.29, 0.717) is 31.0 Å². The molecular weight excluding hydrogens is 461 g/mol. The van der Waals surface area contributed by atoms with Crippen molar-refractivity contribution in [3.8, 4) is 0 Å². The number of ether oxygens (including phenoxy) is 1. The third-order valence-electron chi connectivity index (χ3n) is 6.03. The van der Waals surface area contributed by atoms with Crippen molar-refractivity contribution in [2.75, 3.05) is 39.3 Å². The average molecular weight is 489 g/mol. The van der Waals surface area contributed by atoms with E-state index in [2.05, 4.69) is 9.80 Å². The average Bonchev–Trinajstić information content (AvgIpc) is 3.32. The van der Waals surface area contributed by atoms with Crippen LogP contribution in [0, 0.1) is 0 Å². The molecule has 1 unspecified atom stereocenters. The van der Waals surface area contributed by atoms with Gasteiger partial charge in [0.25, 0.3) is 0 Å². The van der Waals surface area contributed by atoms with Crippen LogP contribution in [0.3, 0.4) is 0 Å². The minimum absolute atomic E-state index is 0.0653. The highest BCUT2D eigenvalue weighted by molar-refractivity contribution is 5.84. The van der Waals surface area contributed by atoms with Crippen molar-refractivity contribution in [1.82, 2.24) is 9.80 Å². The highest BCUT2D eigenvalue weighted by atomic mass is 19.4. The second kappa shape index (κ2) is 11.1. The van der Waals surface area contributed by atoms with Gasteiger partial charge < -0.3 is 14.3 Å². The molecule has 1 aliphatic rings. The molecule has 1 aromatic heterocycles. The number of hydrogen-bond acceptors (Lipinski definition) is 5. The maximum absolute atomic E-state index is 13.3. The van der Waals surface area contributed by atoms with Gasteiger partial charge in [0, 0.05) is 32.7 Å². The van der Waals surface area contributed by atoms with Crippen LogP contribution in [0.25, 0.3) is 0 Å². The van der Waals surface area contributed by atoms with Gasteiger partial charge >= 0.3 is 12.1 Å². The minimum Gasteiger partial charge on any atom is -0.475 e. The summed E-state index contributed by atoms with van der Waals surface area (Å²) in [4.78, 5) is 15.4. The molecule has 0 saturated carbocycles. The van der Waals surface area contributed by atoms with Crippen LogP contribution >= 0.6 is 0 Å². The summed E-state index contributed by atoms with van der Waals surface area (Å²) in [6.45, 7) is 4.75. The summed E-state index contributed by atoms with van der Waals surface area (Å²) in [7, 11) is 0. The number of alkyl halides is 3. The molecule has 1 fully saturated rings. The van der Waals surface area contributed by atoms with Crippen molar-refractivity contribution in [1.29, 1.82) is 0 Å². The summed E-state index contributed by atoms with van der Waals surface area (Å²) in [5.41, 5.74) is 0.577. The molecule has 1 N–H and O–H groups in total. The fourth-order valence-electron chi connectivity index (χ4n) is 4.16. The molecule has 0 aliphatic carbocycles. The van der Waals surface area contributed by atoms with E-state index in [1.165, 1.54) is 12.1 Å². The molecule has 0 bridgehead atoms. The number of piperazine rings is 1. The SMILES string of the molecule is O=C(O)c1ccc(CN2CCN(CCOC(c3ccccc3)c3cccc(C(F)(F)F)c3)CC2)o1. The van der Waals surface area contributed by atoms with Gasteiger partial charge in [0.1, 0.15) is 11.9 Å². The van der Waals surface area contributed by atoms with Gasteiger partial charge in [0.05, 0.1) is 18.7 Å². The van der Waals surface area contributed by atoms with Gasteiger partial charge in [-0.05, 0) is 35.4 Å².